The number of hydrogen-bond acceptors (Lipinski definition) is 3. The van der Waals surface area contributed by atoms with Crippen LogP contribution in [0.4, 0.5) is 0 Å². The number of nitrogens with zero attached hydrogens (tertiary/aromatic N) is 1. The molecule has 0 aliphatic carbocycles. The molecule has 2 aliphatic heterocycles. The van der Waals surface area contributed by atoms with Crippen molar-refractivity contribution < 1.29 is 9.53 Å². The molecule has 4 nitrogen and oxygen atoms in total. The molecule has 0 saturated carbocycles. The van der Waals surface area contributed by atoms with E-state index in [1.807, 2.05) is 6.92 Å². The molecule has 2 fully saturated rings. The third-order valence-corrected chi connectivity index (χ3v) is 4.21. The van der Waals surface area contributed by atoms with Crippen molar-refractivity contribution in [1.29, 1.82) is 0 Å². The Hall–Kier alpha value is -0.610. The van der Waals surface area contributed by atoms with Crippen LogP contribution in [0.3, 0.4) is 0 Å². The zero-order valence-electron chi connectivity index (χ0n) is 11.8. The van der Waals surface area contributed by atoms with Crippen LogP contribution in [-0.4, -0.2) is 42.3 Å². The van der Waals surface area contributed by atoms with Gasteiger partial charge in [-0.05, 0) is 26.2 Å². The SMILES string of the molecule is CCCC1NC(C)C(=O)N1CC1CCOC1CC. The minimum absolute atomic E-state index is 0.0241. The van der Waals surface area contributed by atoms with E-state index in [0.717, 1.165) is 38.8 Å². The van der Waals surface area contributed by atoms with E-state index in [9.17, 15) is 4.79 Å². The zero-order chi connectivity index (χ0) is 13.1. The van der Waals surface area contributed by atoms with Crippen LogP contribution in [0, 0.1) is 5.92 Å². The van der Waals surface area contributed by atoms with Gasteiger partial charge in [0.15, 0.2) is 0 Å². The topological polar surface area (TPSA) is 41.6 Å². The number of rotatable bonds is 5. The molecule has 4 atom stereocenters. The maximum atomic E-state index is 12.2. The molecule has 0 radical (unpaired) electrons. The van der Waals surface area contributed by atoms with E-state index in [1.165, 1.54) is 0 Å². The van der Waals surface area contributed by atoms with Crippen molar-refractivity contribution in [2.24, 2.45) is 5.92 Å². The first-order valence-corrected chi connectivity index (χ1v) is 7.35. The Balaban J connectivity index is 1.99. The summed E-state index contributed by atoms with van der Waals surface area (Å²) in [4.78, 5) is 14.2. The highest BCUT2D eigenvalue weighted by Gasteiger charge is 2.39. The lowest BCUT2D eigenvalue weighted by Crippen LogP contribution is -2.41. The molecule has 0 aromatic carbocycles. The molecule has 104 valence electrons. The highest BCUT2D eigenvalue weighted by atomic mass is 16.5. The summed E-state index contributed by atoms with van der Waals surface area (Å²) in [5, 5.41) is 3.40. The van der Waals surface area contributed by atoms with Crippen LogP contribution in [-0.2, 0) is 9.53 Å². The van der Waals surface area contributed by atoms with Crippen LogP contribution < -0.4 is 5.32 Å². The van der Waals surface area contributed by atoms with Crippen LogP contribution in [0.2, 0.25) is 0 Å². The predicted molar refractivity (Wildman–Crippen MR) is 71.1 cm³/mol. The number of nitrogens with one attached hydrogen (secondary N) is 1. The molecule has 0 spiro atoms. The van der Waals surface area contributed by atoms with Crippen LogP contribution in [0.5, 0.6) is 0 Å². The summed E-state index contributed by atoms with van der Waals surface area (Å²) in [6, 6.07) is -0.0241. The van der Waals surface area contributed by atoms with Gasteiger partial charge < -0.3 is 9.64 Å². The molecule has 1 amide bonds. The fourth-order valence-electron chi connectivity index (χ4n) is 3.19. The monoisotopic (exact) mass is 254 g/mol. The van der Waals surface area contributed by atoms with E-state index in [-0.39, 0.29) is 18.1 Å². The first kappa shape index (κ1) is 13.8. The van der Waals surface area contributed by atoms with Crippen molar-refractivity contribution in [3.63, 3.8) is 0 Å². The summed E-state index contributed by atoms with van der Waals surface area (Å²) in [6.07, 6.45) is 4.86. The van der Waals surface area contributed by atoms with Gasteiger partial charge in [-0.1, -0.05) is 20.3 Å². The zero-order valence-corrected chi connectivity index (χ0v) is 11.8. The molecule has 2 heterocycles. The summed E-state index contributed by atoms with van der Waals surface area (Å²) < 4.78 is 5.72. The van der Waals surface area contributed by atoms with E-state index < -0.39 is 0 Å². The van der Waals surface area contributed by atoms with Gasteiger partial charge in [0, 0.05) is 19.1 Å². The van der Waals surface area contributed by atoms with Crippen LogP contribution in [0.15, 0.2) is 0 Å². The Morgan fingerprint density at radius 3 is 2.89 bits per heavy atom. The van der Waals surface area contributed by atoms with E-state index in [1.54, 1.807) is 0 Å². The summed E-state index contributed by atoms with van der Waals surface area (Å²) in [7, 11) is 0. The molecule has 0 bridgehead atoms. The summed E-state index contributed by atoms with van der Waals surface area (Å²) in [6.45, 7) is 8.01. The molecule has 1 N–H and O–H groups in total. The molecular formula is C14H26N2O2. The maximum absolute atomic E-state index is 12.2. The summed E-state index contributed by atoms with van der Waals surface area (Å²) >= 11 is 0. The lowest BCUT2D eigenvalue weighted by molar-refractivity contribution is -0.130. The molecule has 4 heteroatoms. The van der Waals surface area contributed by atoms with Crippen LogP contribution in [0.1, 0.15) is 46.5 Å². The van der Waals surface area contributed by atoms with Crippen molar-refractivity contribution >= 4 is 5.91 Å². The smallest absolute Gasteiger partial charge is 0.240 e. The minimum Gasteiger partial charge on any atom is -0.378 e. The van der Waals surface area contributed by atoms with Gasteiger partial charge in [-0.3, -0.25) is 10.1 Å². The molecule has 4 unspecified atom stereocenters. The number of amides is 1. The fourth-order valence-corrected chi connectivity index (χ4v) is 3.19. The third kappa shape index (κ3) is 2.69. The molecule has 2 saturated heterocycles. The Labute approximate surface area is 110 Å². The number of ether oxygens (including phenoxy) is 1. The molecule has 0 aromatic heterocycles. The van der Waals surface area contributed by atoms with Gasteiger partial charge in [0.1, 0.15) is 0 Å². The lowest BCUT2D eigenvalue weighted by Gasteiger charge is -2.28. The normalized spacial score (nSPS) is 36.6. The van der Waals surface area contributed by atoms with Gasteiger partial charge in [-0.25, -0.2) is 0 Å². The average Bonchev–Trinajstić information content (AvgIpc) is 2.90. The van der Waals surface area contributed by atoms with Gasteiger partial charge in [-0.15, -0.1) is 0 Å². The Kier molecular flexibility index (Phi) is 4.62. The minimum atomic E-state index is -0.0241. The maximum Gasteiger partial charge on any atom is 0.240 e. The van der Waals surface area contributed by atoms with Crippen LogP contribution in [0.25, 0.3) is 0 Å². The first-order chi connectivity index (χ1) is 8.67. The molecule has 2 aliphatic rings. The van der Waals surface area contributed by atoms with Gasteiger partial charge in [-0.2, -0.15) is 0 Å². The second-order valence-corrected chi connectivity index (χ2v) is 5.55. The first-order valence-electron chi connectivity index (χ1n) is 7.35. The Bertz CT molecular complexity index is 296. The number of carbonyl (C=O) groups is 1. The van der Waals surface area contributed by atoms with Gasteiger partial charge in [0.25, 0.3) is 0 Å². The van der Waals surface area contributed by atoms with E-state index >= 15 is 0 Å². The average molecular weight is 254 g/mol. The standard InChI is InChI=1S/C14H26N2O2/c1-4-6-13-15-10(3)14(17)16(13)9-11-7-8-18-12(11)5-2/h10-13,15H,4-9H2,1-3H3. The summed E-state index contributed by atoms with van der Waals surface area (Å²) in [5.74, 6) is 0.778. The van der Waals surface area contributed by atoms with Crippen molar-refractivity contribution in [2.45, 2.75) is 64.8 Å². The van der Waals surface area contributed by atoms with E-state index in [4.69, 9.17) is 4.74 Å². The van der Waals surface area contributed by atoms with E-state index in [2.05, 4.69) is 24.1 Å². The van der Waals surface area contributed by atoms with Crippen molar-refractivity contribution in [3.8, 4) is 0 Å². The van der Waals surface area contributed by atoms with Gasteiger partial charge in [0.05, 0.1) is 18.3 Å². The second kappa shape index (κ2) is 6.02. The van der Waals surface area contributed by atoms with Gasteiger partial charge >= 0.3 is 0 Å². The van der Waals surface area contributed by atoms with Crippen molar-refractivity contribution in [1.82, 2.24) is 10.2 Å². The third-order valence-electron chi connectivity index (χ3n) is 4.21. The molecule has 0 aromatic rings. The number of carbonyl (C=O) groups excluding carboxylic acids is 1. The lowest BCUT2D eigenvalue weighted by atomic mass is 9.98. The molecule has 18 heavy (non-hydrogen) atoms. The van der Waals surface area contributed by atoms with Crippen molar-refractivity contribution in [2.75, 3.05) is 13.2 Å². The fraction of sp³-hybridized carbons (Fsp3) is 0.929. The Morgan fingerprint density at radius 2 is 2.22 bits per heavy atom. The molecule has 2 rings (SSSR count). The summed E-state index contributed by atoms with van der Waals surface area (Å²) in [5.41, 5.74) is 0. The van der Waals surface area contributed by atoms with E-state index in [0.29, 0.717) is 12.0 Å². The number of hydrogen-bond donors (Lipinski definition) is 1. The van der Waals surface area contributed by atoms with Crippen molar-refractivity contribution in [3.05, 3.63) is 0 Å². The second-order valence-electron chi connectivity index (χ2n) is 5.55. The highest BCUT2D eigenvalue weighted by Crippen LogP contribution is 2.27. The quantitative estimate of drug-likeness (QED) is 0.812. The van der Waals surface area contributed by atoms with Gasteiger partial charge in [0.2, 0.25) is 5.91 Å². The predicted octanol–water partition coefficient (Wildman–Crippen LogP) is 1.75. The largest absolute Gasteiger partial charge is 0.378 e. The highest BCUT2D eigenvalue weighted by molar-refractivity contribution is 5.83. The molecular weight excluding hydrogens is 228 g/mol. The van der Waals surface area contributed by atoms with Crippen LogP contribution >= 0.6 is 0 Å². The Morgan fingerprint density at radius 1 is 1.44 bits per heavy atom.